The van der Waals surface area contributed by atoms with Crippen LogP contribution in [0.5, 0.6) is 0 Å². The molecule has 0 bridgehead atoms. The Hall–Kier alpha value is -1.56. The summed E-state index contributed by atoms with van der Waals surface area (Å²) in [7, 11) is 0. The molecule has 1 aliphatic carbocycles. The standard InChI is InChI=1S/C17H18.C2H6/c1-13-5-3-7-15(11-13)17(9-10-17)16-8-4-6-14(2)12-16;1-2/h3-8,11-12H,9-10H2,1-2H3;1-2H3. The fraction of sp³-hybridized carbons (Fsp3) is 0.368. The smallest absolute Gasteiger partial charge is 0.0204 e. The molecule has 0 spiro atoms. The molecule has 3 rings (SSSR count). The molecule has 2 aromatic carbocycles. The molecule has 19 heavy (non-hydrogen) atoms. The summed E-state index contributed by atoms with van der Waals surface area (Å²) < 4.78 is 0. The van der Waals surface area contributed by atoms with E-state index in [-0.39, 0.29) is 0 Å². The Labute approximate surface area is 117 Å². The molecule has 0 N–H and O–H groups in total. The van der Waals surface area contributed by atoms with E-state index >= 15 is 0 Å². The molecule has 0 amide bonds. The summed E-state index contributed by atoms with van der Waals surface area (Å²) in [5.74, 6) is 0. The van der Waals surface area contributed by atoms with Crippen molar-refractivity contribution in [1.82, 2.24) is 0 Å². The van der Waals surface area contributed by atoms with Gasteiger partial charge >= 0.3 is 0 Å². The number of benzene rings is 2. The lowest BCUT2D eigenvalue weighted by Crippen LogP contribution is -2.08. The molecule has 0 nitrogen and oxygen atoms in total. The van der Waals surface area contributed by atoms with Crippen molar-refractivity contribution in [1.29, 1.82) is 0 Å². The van der Waals surface area contributed by atoms with Crippen LogP contribution in [0.15, 0.2) is 48.5 Å². The first-order valence-electron chi connectivity index (χ1n) is 7.35. The Kier molecular flexibility index (Phi) is 4.09. The van der Waals surface area contributed by atoms with Crippen LogP contribution in [0.2, 0.25) is 0 Å². The highest BCUT2D eigenvalue weighted by Crippen LogP contribution is 2.53. The second-order valence-electron chi connectivity index (χ2n) is 5.32. The second kappa shape index (κ2) is 5.61. The van der Waals surface area contributed by atoms with Crippen molar-refractivity contribution in [2.75, 3.05) is 0 Å². The van der Waals surface area contributed by atoms with Crippen molar-refractivity contribution in [2.24, 2.45) is 0 Å². The Morgan fingerprint density at radius 2 is 1.16 bits per heavy atom. The monoisotopic (exact) mass is 252 g/mol. The first-order chi connectivity index (χ1) is 9.21. The highest BCUT2D eigenvalue weighted by atomic mass is 14.5. The third-order valence-electron chi connectivity index (χ3n) is 3.89. The first kappa shape index (κ1) is 13.9. The predicted molar refractivity (Wildman–Crippen MR) is 83.7 cm³/mol. The summed E-state index contributed by atoms with van der Waals surface area (Å²) in [5.41, 5.74) is 6.02. The first-order valence-corrected chi connectivity index (χ1v) is 7.35. The second-order valence-corrected chi connectivity index (χ2v) is 5.32. The fourth-order valence-corrected chi connectivity index (χ4v) is 2.75. The van der Waals surface area contributed by atoms with E-state index in [9.17, 15) is 0 Å². The van der Waals surface area contributed by atoms with Crippen molar-refractivity contribution in [2.45, 2.75) is 46.0 Å². The number of aryl methyl sites for hydroxylation is 2. The van der Waals surface area contributed by atoms with Gasteiger partial charge in [-0.15, -0.1) is 0 Å². The third-order valence-corrected chi connectivity index (χ3v) is 3.89. The Bertz CT molecular complexity index is 500. The van der Waals surface area contributed by atoms with Crippen LogP contribution in [0.3, 0.4) is 0 Å². The summed E-state index contributed by atoms with van der Waals surface area (Å²) >= 11 is 0. The van der Waals surface area contributed by atoms with Crippen LogP contribution in [-0.4, -0.2) is 0 Å². The topological polar surface area (TPSA) is 0 Å². The molecule has 0 atom stereocenters. The highest BCUT2D eigenvalue weighted by molar-refractivity contribution is 5.46. The predicted octanol–water partition coefficient (Wildman–Crippen LogP) is 5.41. The molecule has 0 heterocycles. The van der Waals surface area contributed by atoms with Gasteiger partial charge < -0.3 is 0 Å². The van der Waals surface area contributed by atoms with Crippen LogP contribution in [0.25, 0.3) is 0 Å². The minimum Gasteiger partial charge on any atom is -0.0683 e. The Balaban J connectivity index is 0.000000637. The Morgan fingerprint density at radius 3 is 1.47 bits per heavy atom. The van der Waals surface area contributed by atoms with E-state index in [1.165, 1.54) is 35.1 Å². The van der Waals surface area contributed by atoms with Crippen LogP contribution < -0.4 is 0 Å². The van der Waals surface area contributed by atoms with Gasteiger partial charge in [-0.2, -0.15) is 0 Å². The minimum absolute atomic E-state index is 0.317. The van der Waals surface area contributed by atoms with Crippen molar-refractivity contribution in [3.63, 3.8) is 0 Å². The van der Waals surface area contributed by atoms with E-state index in [1.807, 2.05) is 13.8 Å². The maximum Gasteiger partial charge on any atom is 0.0204 e. The van der Waals surface area contributed by atoms with E-state index in [0.29, 0.717) is 5.41 Å². The van der Waals surface area contributed by atoms with Gasteiger partial charge in [0.05, 0.1) is 0 Å². The molecule has 0 aliphatic heterocycles. The van der Waals surface area contributed by atoms with Gasteiger partial charge in [0, 0.05) is 5.41 Å². The van der Waals surface area contributed by atoms with Crippen LogP contribution in [-0.2, 0) is 5.41 Å². The van der Waals surface area contributed by atoms with Gasteiger partial charge in [0.15, 0.2) is 0 Å². The quantitative estimate of drug-likeness (QED) is 0.670. The molecule has 0 heteroatoms. The van der Waals surface area contributed by atoms with Crippen LogP contribution in [0.4, 0.5) is 0 Å². The highest BCUT2D eigenvalue weighted by Gasteiger charge is 2.45. The molecular formula is C19H24. The lowest BCUT2D eigenvalue weighted by molar-refractivity contribution is 0.844. The van der Waals surface area contributed by atoms with Gasteiger partial charge in [0.1, 0.15) is 0 Å². The molecule has 0 radical (unpaired) electrons. The van der Waals surface area contributed by atoms with Crippen molar-refractivity contribution in [3.05, 3.63) is 70.8 Å². The van der Waals surface area contributed by atoms with Crippen molar-refractivity contribution in [3.8, 4) is 0 Å². The van der Waals surface area contributed by atoms with E-state index in [1.54, 1.807) is 0 Å². The summed E-state index contributed by atoms with van der Waals surface area (Å²) in [6.07, 6.45) is 2.58. The Morgan fingerprint density at radius 1 is 0.737 bits per heavy atom. The molecule has 100 valence electrons. The third kappa shape index (κ3) is 2.73. The van der Waals surface area contributed by atoms with Crippen molar-refractivity contribution < 1.29 is 0 Å². The minimum atomic E-state index is 0.317. The van der Waals surface area contributed by atoms with Gasteiger partial charge in [-0.1, -0.05) is 73.5 Å². The molecule has 0 saturated heterocycles. The van der Waals surface area contributed by atoms with Crippen LogP contribution in [0.1, 0.15) is 48.9 Å². The van der Waals surface area contributed by atoms with Gasteiger partial charge in [0.25, 0.3) is 0 Å². The van der Waals surface area contributed by atoms with Gasteiger partial charge in [-0.3, -0.25) is 0 Å². The zero-order valence-electron chi connectivity index (χ0n) is 12.5. The normalized spacial score (nSPS) is 15.4. The number of hydrogen-bond acceptors (Lipinski definition) is 0. The lowest BCUT2D eigenvalue weighted by Gasteiger charge is -2.17. The van der Waals surface area contributed by atoms with Crippen molar-refractivity contribution >= 4 is 0 Å². The maximum absolute atomic E-state index is 2.34. The molecule has 1 fully saturated rings. The zero-order valence-corrected chi connectivity index (χ0v) is 12.5. The summed E-state index contributed by atoms with van der Waals surface area (Å²) in [5, 5.41) is 0. The molecule has 1 aliphatic rings. The summed E-state index contributed by atoms with van der Waals surface area (Å²) in [6, 6.07) is 18.0. The molecule has 2 aromatic rings. The summed E-state index contributed by atoms with van der Waals surface area (Å²) in [4.78, 5) is 0. The van der Waals surface area contributed by atoms with E-state index < -0.39 is 0 Å². The van der Waals surface area contributed by atoms with Gasteiger partial charge in [0.2, 0.25) is 0 Å². The zero-order chi connectivity index (χ0) is 13.9. The van der Waals surface area contributed by atoms with Gasteiger partial charge in [-0.05, 0) is 37.8 Å². The summed E-state index contributed by atoms with van der Waals surface area (Å²) in [6.45, 7) is 8.35. The lowest BCUT2D eigenvalue weighted by atomic mass is 9.87. The van der Waals surface area contributed by atoms with E-state index in [4.69, 9.17) is 0 Å². The molecule has 0 unspecified atom stereocenters. The SMILES string of the molecule is CC.Cc1cccc(C2(c3cccc(C)c3)CC2)c1. The number of hydrogen-bond donors (Lipinski definition) is 0. The van der Waals surface area contributed by atoms with Gasteiger partial charge in [-0.25, -0.2) is 0 Å². The van der Waals surface area contributed by atoms with Crippen LogP contribution >= 0.6 is 0 Å². The molecule has 0 aromatic heterocycles. The largest absolute Gasteiger partial charge is 0.0683 e. The molecular weight excluding hydrogens is 228 g/mol. The fourth-order valence-electron chi connectivity index (χ4n) is 2.75. The molecule has 1 saturated carbocycles. The maximum atomic E-state index is 2.34. The van der Waals surface area contributed by atoms with E-state index in [2.05, 4.69) is 62.4 Å². The van der Waals surface area contributed by atoms with E-state index in [0.717, 1.165) is 0 Å². The average molecular weight is 252 g/mol. The number of rotatable bonds is 2. The van der Waals surface area contributed by atoms with Crippen LogP contribution in [0, 0.1) is 13.8 Å². The average Bonchev–Trinajstić information content (AvgIpc) is 3.23.